The Morgan fingerprint density at radius 3 is 2.83 bits per heavy atom. The van der Waals surface area contributed by atoms with E-state index in [9.17, 15) is 8.42 Å². The van der Waals surface area contributed by atoms with Crippen LogP contribution in [0.1, 0.15) is 18.5 Å². The Labute approximate surface area is 114 Å². The Morgan fingerprint density at radius 1 is 1.44 bits per heavy atom. The molecular weight excluding hydrogens is 318 g/mol. The lowest BCUT2D eigenvalue weighted by Gasteiger charge is -2.13. The predicted octanol–water partition coefficient (Wildman–Crippen LogP) is 2.21. The van der Waals surface area contributed by atoms with Crippen molar-refractivity contribution in [2.24, 2.45) is 0 Å². The summed E-state index contributed by atoms with van der Waals surface area (Å²) in [5, 5.41) is 0.0596. The molecule has 0 bridgehead atoms. The van der Waals surface area contributed by atoms with E-state index in [0.717, 1.165) is 10.0 Å². The molecule has 1 atom stereocenters. The second-order valence-corrected chi connectivity index (χ2v) is 6.41. The molecule has 0 fully saturated rings. The number of aromatic nitrogens is 2. The molecule has 0 aliphatic heterocycles. The van der Waals surface area contributed by atoms with E-state index >= 15 is 0 Å². The van der Waals surface area contributed by atoms with Crippen LogP contribution in [-0.4, -0.2) is 18.4 Å². The fraction of sp³-hybridized carbons (Fsp3) is 0.182. The third kappa shape index (κ3) is 2.98. The lowest BCUT2D eigenvalue weighted by molar-refractivity contribution is 0.564. The first kappa shape index (κ1) is 13.3. The van der Waals surface area contributed by atoms with Crippen LogP contribution in [0.25, 0.3) is 0 Å². The number of rotatable bonds is 4. The number of hydrogen-bond donors (Lipinski definition) is 2. The first-order valence-corrected chi connectivity index (χ1v) is 7.53. The quantitative estimate of drug-likeness (QED) is 0.903. The highest BCUT2D eigenvalue weighted by molar-refractivity contribution is 9.10. The Morgan fingerprint density at radius 2 is 2.22 bits per heavy atom. The molecule has 0 aliphatic rings. The summed E-state index contributed by atoms with van der Waals surface area (Å²) in [7, 11) is -3.56. The van der Waals surface area contributed by atoms with Crippen molar-refractivity contribution in [3.05, 3.63) is 46.8 Å². The molecule has 1 aromatic heterocycles. The van der Waals surface area contributed by atoms with E-state index in [4.69, 9.17) is 0 Å². The average Bonchev–Trinajstić information content (AvgIpc) is 2.82. The topological polar surface area (TPSA) is 74.8 Å². The van der Waals surface area contributed by atoms with Crippen molar-refractivity contribution < 1.29 is 8.42 Å². The summed E-state index contributed by atoms with van der Waals surface area (Å²) in [6.45, 7) is 1.79. The number of H-pyrrole nitrogens is 1. The van der Waals surface area contributed by atoms with Gasteiger partial charge >= 0.3 is 0 Å². The van der Waals surface area contributed by atoms with Crippen LogP contribution in [0, 0.1) is 0 Å². The van der Waals surface area contributed by atoms with Crippen LogP contribution >= 0.6 is 15.9 Å². The normalized spacial score (nSPS) is 13.4. The van der Waals surface area contributed by atoms with Gasteiger partial charge in [0.15, 0.2) is 5.03 Å². The van der Waals surface area contributed by atoms with Crippen molar-refractivity contribution >= 4 is 26.0 Å². The number of nitrogens with one attached hydrogen (secondary N) is 2. The molecule has 0 saturated heterocycles. The lowest BCUT2D eigenvalue weighted by Crippen LogP contribution is -2.27. The maximum Gasteiger partial charge on any atom is 0.258 e. The van der Waals surface area contributed by atoms with Crippen molar-refractivity contribution in [1.29, 1.82) is 0 Å². The van der Waals surface area contributed by atoms with Gasteiger partial charge in [0.1, 0.15) is 0 Å². The number of imidazole rings is 1. The monoisotopic (exact) mass is 329 g/mol. The van der Waals surface area contributed by atoms with Crippen LogP contribution in [0.15, 0.2) is 46.3 Å². The number of hydrogen-bond acceptors (Lipinski definition) is 3. The molecule has 0 amide bonds. The van der Waals surface area contributed by atoms with Gasteiger partial charge in [0.05, 0.1) is 12.5 Å². The molecule has 0 aliphatic carbocycles. The van der Waals surface area contributed by atoms with Crippen LogP contribution in [0.5, 0.6) is 0 Å². The fourth-order valence-electron chi connectivity index (χ4n) is 1.53. The second-order valence-electron chi connectivity index (χ2n) is 3.81. The number of nitrogens with zero attached hydrogens (tertiary/aromatic N) is 1. The first-order chi connectivity index (χ1) is 8.49. The van der Waals surface area contributed by atoms with E-state index in [1.165, 1.54) is 12.5 Å². The zero-order valence-corrected chi connectivity index (χ0v) is 12.0. The molecule has 1 heterocycles. The molecule has 0 spiro atoms. The van der Waals surface area contributed by atoms with Gasteiger partial charge in [-0.1, -0.05) is 28.1 Å². The minimum atomic E-state index is -3.56. The lowest BCUT2D eigenvalue weighted by atomic mass is 10.1. The summed E-state index contributed by atoms with van der Waals surface area (Å²) in [4.78, 5) is 6.28. The Bertz CT molecular complexity index is 625. The molecule has 2 aromatic rings. The number of sulfonamides is 1. The van der Waals surface area contributed by atoms with Crippen LogP contribution in [-0.2, 0) is 10.0 Å². The third-order valence-corrected chi connectivity index (χ3v) is 4.40. The van der Waals surface area contributed by atoms with Crippen molar-refractivity contribution in [1.82, 2.24) is 14.7 Å². The number of benzene rings is 1. The molecule has 0 radical (unpaired) electrons. The van der Waals surface area contributed by atoms with Gasteiger partial charge in [-0.2, -0.15) is 0 Å². The summed E-state index contributed by atoms with van der Waals surface area (Å²) in [5.41, 5.74) is 0.882. The van der Waals surface area contributed by atoms with Gasteiger partial charge in [-0.25, -0.2) is 18.1 Å². The van der Waals surface area contributed by atoms with Gasteiger partial charge < -0.3 is 4.98 Å². The van der Waals surface area contributed by atoms with Gasteiger partial charge in [0, 0.05) is 10.5 Å². The van der Waals surface area contributed by atoms with Gasteiger partial charge in [0.2, 0.25) is 0 Å². The van der Waals surface area contributed by atoms with Crippen LogP contribution < -0.4 is 4.72 Å². The van der Waals surface area contributed by atoms with Gasteiger partial charge in [-0.15, -0.1) is 0 Å². The van der Waals surface area contributed by atoms with Crippen molar-refractivity contribution in [2.75, 3.05) is 0 Å². The molecule has 18 heavy (non-hydrogen) atoms. The summed E-state index contributed by atoms with van der Waals surface area (Å²) < 4.78 is 27.4. The van der Waals surface area contributed by atoms with Crippen molar-refractivity contribution in [2.45, 2.75) is 18.0 Å². The molecule has 2 rings (SSSR count). The zero-order chi connectivity index (χ0) is 13.2. The summed E-state index contributed by atoms with van der Waals surface area (Å²) in [6.07, 6.45) is 2.61. The largest absolute Gasteiger partial charge is 0.335 e. The SMILES string of the molecule is CC(NS(=O)(=O)c1cnc[nH]1)c1cccc(Br)c1. The minimum absolute atomic E-state index is 0.0596. The highest BCUT2D eigenvalue weighted by Gasteiger charge is 2.19. The standard InChI is InChI=1S/C11H12BrN3O2S/c1-8(9-3-2-4-10(12)5-9)15-18(16,17)11-6-13-7-14-11/h2-8,15H,1H3,(H,13,14). The second kappa shape index (κ2) is 5.21. The molecule has 5 nitrogen and oxygen atoms in total. The average molecular weight is 330 g/mol. The molecule has 0 saturated carbocycles. The van der Waals surface area contributed by atoms with E-state index < -0.39 is 10.0 Å². The molecule has 1 aromatic carbocycles. The Kier molecular flexibility index (Phi) is 3.84. The van der Waals surface area contributed by atoms with E-state index in [-0.39, 0.29) is 11.1 Å². The maximum atomic E-state index is 12.0. The molecule has 7 heteroatoms. The van der Waals surface area contributed by atoms with Crippen LogP contribution in [0.3, 0.4) is 0 Å². The predicted molar refractivity (Wildman–Crippen MR) is 71.5 cm³/mol. The van der Waals surface area contributed by atoms with E-state index in [1.807, 2.05) is 24.3 Å². The van der Waals surface area contributed by atoms with E-state index in [0.29, 0.717) is 0 Å². The summed E-state index contributed by atoms with van der Waals surface area (Å²) in [5.74, 6) is 0. The Hall–Kier alpha value is -1.18. The number of halogens is 1. The summed E-state index contributed by atoms with van der Waals surface area (Å²) >= 11 is 3.36. The van der Waals surface area contributed by atoms with E-state index in [2.05, 4.69) is 30.6 Å². The van der Waals surface area contributed by atoms with Crippen molar-refractivity contribution in [3.8, 4) is 0 Å². The Balaban J connectivity index is 2.20. The molecule has 1 unspecified atom stereocenters. The maximum absolute atomic E-state index is 12.0. The number of aromatic amines is 1. The fourth-order valence-corrected chi connectivity index (χ4v) is 3.08. The van der Waals surface area contributed by atoms with E-state index in [1.54, 1.807) is 6.92 Å². The van der Waals surface area contributed by atoms with Crippen molar-refractivity contribution in [3.63, 3.8) is 0 Å². The smallest absolute Gasteiger partial charge is 0.258 e. The third-order valence-electron chi connectivity index (χ3n) is 2.44. The highest BCUT2D eigenvalue weighted by atomic mass is 79.9. The van der Waals surface area contributed by atoms with Gasteiger partial charge in [-0.05, 0) is 24.6 Å². The molecule has 2 N–H and O–H groups in total. The molecule has 96 valence electrons. The van der Waals surface area contributed by atoms with Crippen LogP contribution in [0.2, 0.25) is 0 Å². The van der Waals surface area contributed by atoms with Gasteiger partial charge in [-0.3, -0.25) is 0 Å². The summed E-state index contributed by atoms with van der Waals surface area (Å²) in [6, 6.07) is 7.17. The highest BCUT2D eigenvalue weighted by Crippen LogP contribution is 2.19. The van der Waals surface area contributed by atoms with Crippen LogP contribution in [0.4, 0.5) is 0 Å². The first-order valence-electron chi connectivity index (χ1n) is 5.25. The zero-order valence-electron chi connectivity index (χ0n) is 9.59. The van der Waals surface area contributed by atoms with Gasteiger partial charge in [0.25, 0.3) is 10.0 Å². The minimum Gasteiger partial charge on any atom is -0.335 e. The molecular formula is C11H12BrN3O2S.